The highest BCUT2D eigenvalue weighted by Gasteiger charge is 2.40. The number of rotatable bonds is 5. The van der Waals surface area contributed by atoms with Crippen molar-refractivity contribution in [2.24, 2.45) is 5.41 Å². The molecule has 0 radical (unpaired) electrons. The van der Waals surface area contributed by atoms with Crippen molar-refractivity contribution in [1.29, 1.82) is 0 Å². The first-order valence-corrected chi connectivity index (χ1v) is 6.48. The van der Waals surface area contributed by atoms with Gasteiger partial charge in [-0.1, -0.05) is 0 Å². The summed E-state index contributed by atoms with van der Waals surface area (Å²) >= 11 is 0. The highest BCUT2D eigenvalue weighted by atomic mass is 16.5. The molecule has 7 heteroatoms. The molecule has 7 nitrogen and oxygen atoms in total. The minimum absolute atomic E-state index is 0.0929. The van der Waals surface area contributed by atoms with Crippen LogP contribution in [0.5, 0.6) is 0 Å². The Morgan fingerprint density at radius 1 is 1.30 bits per heavy atom. The lowest BCUT2D eigenvalue weighted by molar-refractivity contribution is -0.154. The summed E-state index contributed by atoms with van der Waals surface area (Å²) in [5.74, 6) is -0.258. The Labute approximate surface area is 116 Å². The number of amides is 2. The van der Waals surface area contributed by atoms with E-state index in [0.29, 0.717) is 31.8 Å². The average molecular weight is 282 g/mol. The second kappa shape index (κ2) is 6.42. The molecule has 1 aliphatic heterocycles. The molecule has 3 N–H and O–H groups in total. The molecule has 2 rings (SSSR count). The number of carbonyl (C=O) groups is 2. The van der Waals surface area contributed by atoms with Crippen LogP contribution in [0.25, 0.3) is 0 Å². The maximum atomic E-state index is 11.7. The quantitative estimate of drug-likeness (QED) is 0.746. The van der Waals surface area contributed by atoms with Crippen LogP contribution in [0, 0.1) is 5.41 Å². The number of nitrogens with one attached hydrogen (secondary N) is 2. The van der Waals surface area contributed by atoms with Gasteiger partial charge in [-0.3, -0.25) is 4.79 Å². The number of hydrogen-bond acceptors (Lipinski definition) is 4. The van der Waals surface area contributed by atoms with Gasteiger partial charge in [-0.15, -0.1) is 0 Å². The monoisotopic (exact) mass is 282 g/mol. The lowest BCUT2D eigenvalue weighted by Gasteiger charge is -2.33. The van der Waals surface area contributed by atoms with Crippen LogP contribution in [0.15, 0.2) is 22.8 Å². The molecule has 110 valence electrons. The molecule has 2 amide bonds. The number of hydrogen-bond donors (Lipinski definition) is 3. The molecule has 2 heterocycles. The summed E-state index contributed by atoms with van der Waals surface area (Å²) in [6.45, 7) is 1.17. The van der Waals surface area contributed by atoms with Gasteiger partial charge in [0.2, 0.25) is 0 Å². The maximum absolute atomic E-state index is 11.7. The highest BCUT2D eigenvalue weighted by Crippen LogP contribution is 2.29. The van der Waals surface area contributed by atoms with E-state index in [0.717, 1.165) is 0 Å². The van der Waals surface area contributed by atoms with E-state index >= 15 is 0 Å². The highest BCUT2D eigenvalue weighted by molar-refractivity contribution is 5.78. The number of aliphatic carboxylic acids is 1. The van der Waals surface area contributed by atoms with Crippen molar-refractivity contribution >= 4 is 12.0 Å². The second-order valence-electron chi connectivity index (χ2n) is 4.81. The SMILES string of the molecule is O=C(NCc1ccco1)NCC1(C(=O)O)CCOCC1. The van der Waals surface area contributed by atoms with Crippen LogP contribution < -0.4 is 10.6 Å². The molecule has 0 bridgehead atoms. The van der Waals surface area contributed by atoms with E-state index < -0.39 is 17.4 Å². The maximum Gasteiger partial charge on any atom is 0.315 e. The fraction of sp³-hybridized carbons (Fsp3) is 0.538. The van der Waals surface area contributed by atoms with Gasteiger partial charge in [0.25, 0.3) is 0 Å². The topological polar surface area (TPSA) is 101 Å². The smallest absolute Gasteiger partial charge is 0.315 e. The third kappa shape index (κ3) is 3.51. The van der Waals surface area contributed by atoms with Crippen molar-refractivity contribution in [3.8, 4) is 0 Å². The first kappa shape index (κ1) is 14.4. The Kier molecular flexibility index (Phi) is 4.62. The summed E-state index contributed by atoms with van der Waals surface area (Å²) in [6, 6.07) is 3.07. The summed E-state index contributed by atoms with van der Waals surface area (Å²) in [5, 5.41) is 14.6. The molecule has 1 saturated heterocycles. The van der Waals surface area contributed by atoms with Gasteiger partial charge in [-0.2, -0.15) is 0 Å². The molecule has 0 atom stereocenters. The summed E-state index contributed by atoms with van der Waals surface area (Å²) in [6.07, 6.45) is 2.33. The normalized spacial score (nSPS) is 17.4. The van der Waals surface area contributed by atoms with Crippen molar-refractivity contribution in [2.45, 2.75) is 19.4 Å². The van der Waals surface area contributed by atoms with Crippen LogP contribution in [0.3, 0.4) is 0 Å². The van der Waals surface area contributed by atoms with Crippen molar-refractivity contribution in [1.82, 2.24) is 10.6 Å². The lowest BCUT2D eigenvalue weighted by Crippen LogP contribution is -2.48. The third-order valence-corrected chi connectivity index (χ3v) is 3.49. The second-order valence-corrected chi connectivity index (χ2v) is 4.81. The fourth-order valence-corrected chi connectivity index (χ4v) is 2.12. The molecule has 0 aliphatic carbocycles. The Morgan fingerprint density at radius 2 is 2.05 bits per heavy atom. The molecular formula is C13H18N2O5. The summed E-state index contributed by atoms with van der Waals surface area (Å²) in [5.41, 5.74) is -0.930. The van der Waals surface area contributed by atoms with Gasteiger partial charge in [0, 0.05) is 19.8 Å². The molecule has 1 aromatic heterocycles. The molecule has 0 unspecified atom stereocenters. The van der Waals surface area contributed by atoms with Gasteiger partial charge < -0.3 is 24.9 Å². The Bertz CT molecular complexity index is 451. The van der Waals surface area contributed by atoms with Gasteiger partial charge in [-0.25, -0.2) is 4.79 Å². The van der Waals surface area contributed by atoms with E-state index in [1.807, 2.05) is 0 Å². The third-order valence-electron chi connectivity index (χ3n) is 3.49. The number of ether oxygens (including phenoxy) is 1. The van der Waals surface area contributed by atoms with E-state index in [1.165, 1.54) is 6.26 Å². The van der Waals surface area contributed by atoms with Crippen LogP contribution in [0.4, 0.5) is 4.79 Å². The van der Waals surface area contributed by atoms with E-state index in [-0.39, 0.29) is 13.1 Å². The van der Waals surface area contributed by atoms with Crippen molar-refractivity contribution in [3.05, 3.63) is 24.2 Å². The molecule has 1 aliphatic rings. The Hall–Kier alpha value is -2.02. The van der Waals surface area contributed by atoms with Crippen molar-refractivity contribution < 1.29 is 23.8 Å². The van der Waals surface area contributed by atoms with E-state index in [2.05, 4.69) is 10.6 Å². The van der Waals surface area contributed by atoms with Crippen molar-refractivity contribution in [3.63, 3.8) is 0 Å². The van der Waals surface area contributed by atoms with Gasteiger partial charge in [-0.05, 0) is 25.0 Å². The Balaban J connectivity index is 1.80. The minimum atomic E-state index is -0.930. The van der Waals surface area contributed by atoms with E-state index in [9.17, 15) is 14.7 Å². The lowest BCUT2D eigenvalue weighted by atomic mass is 9.80. The van der Waals surface area contributed by atoms with Crippen molar-refractivity contribution in [2.75, 3.05) is 19.8 Å². The molecule has 20 heavy (non-hydrogen) atoms. The van der Waals surface area contributed by atoms with Gasteiger partial charge in [0.15, 0.2) is 0 Å². The van der Waals surface area contributed by atoms with Crippen LogP contribution in [-0.2, 0) is 16.1 Å². The van der Waals surface area contributed by atoms with Crippen LogP contribution in [0.2, 0.25) is 0 Å². The fourth-order valence-electron chi connectivity index (χ4n) is 2.12. The summed E-state index contributed by atoms with van der Waals surface area (Å²) in [7, 11) is 0. The first-order valence-electron chi connectivity index (χ1n) is 6.48. The zero-order chi connectivity index (χ0) is 14.4. The van der Waals surface area contributed by atoms with Gasteiger partial charge in [0.1, 0.15) is 5.76 Å². The molecule has 1 fully saturated rings. The zero-order valence-corrected chi connectivity index (χ0v) is 11.1. The van der Waals surface area contributed by atoms with Crippen LogP contribution >= 0.6 is 0 Å². The first-order chi connectivity index (χ1) is 9.62. The molecule has 0 spiro atoms. The number of carboxylic acids is 1. The molecular weight excluding hydrogens is 264 g/mol. The predicted molar refractivity (Wildman–Crippen MR) is 69.1 cm³/mol. The summed E-state index contributed by atoms with van der Waals surface area (Å²) < 4.78 is 10.3. The average Bonchev–Trinajstić information content (AvgIpc) is 2.97. The number of carboxylic acid groups (broad SMARTS) is 1. The largest absolute Gasteiger partial charge is 0.481 e. The number of urea groups is 1. The number of carbonyl (C=O) groups excluding carboxylic acids is 1. The van der Waals surface area contributed by atoms with Gasteiger partial charge >= 0.3 is 12.0 Å². The van der Waals surface area contributed by atoms with Gasteiger partial charge in [0.05, 0.1) is 18.2 Å². The van der Waals surface area contributed by atoms with Crippen LogP contribution in [0.1, 0.15) is 18.6 Å². The zero-order valence-electron chi connectivity index (χ0n) is 11.1. The summed E-state index contributed by atoms with van der Waals surface area (Å²) in [4.78, 5) is 23.0. The standard InChI is InChI=1S/C13H18N2O5/c16-11(17)13(3-6-19-7-4-13)9-15-12(18)14-8-10-2-1-5-20-10/h1-2,5H,3-4,6-9H2,(H,16,17)(H2,14,15,18). The molecule has 0 aromatic carbocycles. The van der Waals surface area contributed by atoms with E-state index in [1.54, 1.807) is 12.1 Å². The molecule has 1 aromatic rings. The molecule has 0 saturated carbocycles. The Morgan fingerprint density at radius 3 is 2.65 bits per heavy atom. The van der Waals surface area contributed by atoms with E-state index in [4.69, 9.17) is 9.15 Å². The minimum Gasteiger partial charge on any atom is -0.481 e. The predicted octanol–water partition coefficient (Wildman–Crippen LogP) is 0.960. The van der Waals surface area contributed by atoms with Crippen LogP contribution in [-0.4, -0.2) is 36.9 Å². The number of furan rings is 1.